The second-order valence-corrected chi connectivity index (χ2v) is 7.11. The smallest absolute Gasteiger partial charge is 0.233 e. The van der Waals surface area contributed by atoms with Crippen LogP contribution in [-0.4, -0.2) is 24.2 Å². The van der Waals surface area contributed by atoms with Crippen LogP contribution in [0.25, 0.3) is 0 Å². The molecule has 0 bridgehead atoms. The molecule has 0 unspecified atom stereocenters. The third-order valence-electron chi connectivity index (χ3n) is 4.56. The van der Waals surface area contributed by atoms with Crippen molar-refractivity contribution in [1.29, 1.82) is 5.26 Å². The fourth-order valence-electron chi connectivity index (χ4n) is 2.88. The van der Waals surface area contributed by atoms with Crippen LogP contribution in [0.4, 0.5) is 5.69 Å². The quantitative estimate of drug-likeness (QED) is 0.450. The Kier molecular flexibility index (Phi) is 7.60. The Morgan fingerprint density at radius 3 is 2.35 bits per heavy atom. The highest BCUT2D eigenvalue weighted by molar-refractivity contribution is 6.34. The third-order valence-corrected chi connectivity index (χ3v) is 5.02. The number of hydrogen-bond donors (Lipinski definition) is 0. The normalized spacial score (nSPS) is 10.4. The molecule has 0 aliphatic rings. The second kappa shape index (κ2) is 10.6. The highest BCUT2D eigenvalue weighted by atomic mass is 35.5. The van der Waals surface area contributed by atoms with Crippen LogP contribution in [0.5, 0.6) is 11.5 Å². The van der Waals surface area contributed by atoms with E-state index in [9.17, 15) is 4.79 Å². The zero-order valence-corrected chi connectivity index (χ0v) is 18.1. The number of amides is 1. The van der Waals surface area contributed by atoms with Crippen molar-refractivity contribution in [3.63, 3.8) is 0 Å². The summed E-state index contributed by atoms with van der Waals surface area (Å²) in [4.78, 5) is 18.7. The minimum Gasteiger partial charge on any atom is -0.457 e. The van der Waals surface area contributed by atoms with Crippen LogP contribution in [0.3, 0.4) is 0 Å². The molecular formula is C24H22ClN3O3. The molecule has 1 heterocycles. The van der Waals surface area contributed by atoms with Gasteiger partial charge in [-0.15, -0.1) is 0 Å². The maximum absolute atomic E-state index is 13.0. The molecule has 158 valence electrons. The average Bonchev–Trinajstić information content (AvgIpc) is 2.78. The van der Waals surface area contributed by atoms with E-state index < -0.39 is 0 Å². The number of halogens is 1. The summed E-state index contributed by atoms with van der Waals surface area (Å²) in [5.41, 5.74) is 2.63. The van der Waals surface area contributed by atoms with E-state index in [0.717, 1.165) is 5.56 Å². The lowest BCUT2D eigenvalue weighted by molar-refractivity contribution is -0.119. The first-order valence-electron chi connectivity index (χ1n) is 9.78. The number of aromatic nitrogens is 1. The second-order valence-electron chi connectivity index (χ2n) is 6.73. The zero-order valence-electron chi connectivity index (χ0n) is 17.3. The lowest BCUT2D eigenvalue weighted by Gasteiger charge is -2.24. The number of rotatable bonds is 8. The Morgan fingerprint density at radius 1 is 1.10 bits per heavy atom. The monoisotopic (exact) mass is 435 g/mol. The van der Waals surface area contributed by atoms with E-state index >= 15 is 0 Å². The van der Waals surface area contributed by atoms with Gasteiger partial charge in [0.1, 0.15) is 18.2 Å². The molecule has 1 aromatic heterocycles. The van der Waals surface area contributed by atoms with Gasteiger partial charge in [0.05, 0.1) is 34.5 Å². The van der Waals surface area contributed by atoms with Crippen LogP contribution in [-0.2, 0) is 16.0 Å². The van der Waals surface area contributed by atoms with Gasteiger partial charge in [-0.2, -0.15) is 5.26 Å². The lowest BCUT2D eigenvalue weighted by atomic mass is 10.1. The van der Waals surface area contributed by atoms with Gasteiger partial charge in [-0.05, 0) is 61.9 Å². The number of carbonyl (C=O) groups excluding carboxylic acids is 1. The van der Waals surface area contributed by atoms with Crippen LogP contribution in [0.15, 0.2) is 60.8 Å². The van der Waals surface area contributed by atoms with Crippen molar-refractivity contribution < 1.29 is 14.3 Å². The average molecular weight is 436 g/mol. The molecule has 1 amide bonds. The van der Waals surface area contributed by atoms with Gasteiger partial charge in [0, 0.05) is 12.8 Å². The number of nitriles is 1. The van der Waals surface area contributed by atoms with Crippen molar-refractivity contribution in [2.45, 2.75) is 20.3 Å². The number of aryl methyl sites for hydroxylation is 1. The molecule has 6 nitrogen and oxygen atoms in total. The lowest BCUT2D eigenvalue weighted by Crippen LogP contribution is -2.34. The van der Waals surface area contributed by atoms with Gasteiger partial charge in [-0.1, -0.05) is 23.7 Å². The maximum Gasteiger partial charge on any atom is 0.233 e. The van der Waals surface area contributed by atoms with Gasteiger partial charge in [0.2, 0.25) is 5.91 Å². The summed E-state index contributed by atoms with van der Waals surface area (Å²) in [5.74, 6) is 1.13. The molecule has 0 spiro atoms. The van der Waals surface area contributed by atoms with Crippen molar-refractivity contribution in [3.8, 4) is 17.6 Å². The molecule has 0 saturated carbocycles. The molecule has 0 aliphatic carbocycles. The molecule has 3 aromatic rings. The van der Waals surface area contributed by atoms with E-state index in [4.69, 9.17) is 26.3 Å². The van der Waals surface area contributed by atoms with Gasteiger partial charge >= 0.3 is 0 Å². The Labute approximate surface area is 186 Å². The number of nitrogens with zero attached hydrogens (tertiary/aromatic N) is 3. The predicted octanol–water partition coefficient (Wildman–Crippen LogP) is 5.28. The fourth-order valence-corrected chi connectivity index (χ4v) is 3.09. The Balaban J connectivity index is 1.71. The topological polar surface area (TPSA) is 75.4 Å². The minimum atomic E-state index is -0.137. The Bertz CT molecular complexity index is 1080. The van der Waals surface area contributed by atoms with Crippen LogP contribution >= 0.6 is 11.6 Å². The summed E-state index contributed by atoms with van der Waals surface area (Å²) >= 11 is 6.38. The summed E-state index contributed by atoms with van der Waals surface area (Å²) < 4.78 is 11.3. The van der Waals surface area contributed by atoms with E-state index in [1.54, 1.807) is 55.6 Å². The van der Waals surface area contributed by atoms with E-state index in [1.807, 2.05) is 19.1 Å². The maximum atomic E-state index is 13.0. The molecule has 31 heavy (non-hydrogen) atoms. The molecule has 0 atom stereocenters. The molecule has 0 aliphatic heterocycles. The number of anilines is 1. The number of carbonyl (C=O) groups is 1. The predicted molar refractivity (Wildman–Crippen MR) is 119 cm³/mol. The Hall–Kier alpha value is -3.40. The standard InChI is InChI=1S/C24H22ClN3O3/c1-3-30-16-28(22-12-13-27-17(2)24(22)25)23(29)14-18-4-8-20(9-5-18)31-21-10-6-19(15-26)7-11-21/h4-13H,3,14,16H2,1-2H3. The van der Waals surface area contributed by atoms with Crippen LogP contribution < -0.4 is 9.64 Å². The first-order chi connectivity index (χ1) is 15.0. The minimum absolute atomic E-state index is 0.110. The van der Waals surface area contributed by atoms with Gasteiger partial charge in [-0.3, -0.25) is 14.7 Å². The largest absolute Gasteiger partial charge is 0.457 e. The van der Waals surface area contributed by atoms with Crippen molar-refractivity contribution in [2.75, 3.05) is 18.2 Å². The van der Waals surface area contributed by atoms with Crippen LogP contribution in [0.2, 0.25) is 5.02 Å². The summed E-state index contributed by atoms with van der Waals surface area (Å²) in [6.07, 6.45) is 1.81. The molecule has 0 saturated heterocycles. The van der Waals surface area contributed by atoms with Crippen molar-refractivity contribution in [3.05, 3.63) is 82.6 Å². The Morgan fingerprint density at radius 2 is 1.74 bits per heavy atom. The SMILES string of the molecule is CCOCN(C(=O)Cc1ccc(Oc2ccc(C#N)cc2)cc1)c1ccnc(C)c1Cl. The summed E-state index contributed by atoms with van der Waals surface area (Å²) in [7, 11) is 0. The van der Waals surface area contributed by atoms with E-state index in [1.165, 1.54) is 4.90 Å². The van der Waals surface area contributed by atoms with Gasteiger partial charge in [0.25, 0.3) is 0 Å². The molecule has 3 rings (SSSR count). The van der Waals surface area contributed by atoms with E-state index in [0.29, 0.717) is 40.1 Å². The molecule has 0 fully saturated rings. The molecule has 0 radical (unpaired) electrons. The van der Waals surface area contributed by atoms with E-state index in [-0.39, 0.29) is 19.1 Å². The molecule has 0 N–H and O–H groups in total. The highest BCUT2D eigenvalue weighted by Gasteiger charge is 2.20. The first kappa shape index (κ1) is 22.3. The zero-order chi connectivity index (χ0) is 22.2. The summed E-state index contributed by atoms with van der Waals surface area (Å²) in [5, 5.41) is 9.30. The van der Waals surface area contributed by atoms with Crippen LogP contribution in [0.1, 0.15) is 23.7 Å². The van der Waals surface area contributed by atoms with Crippen LogP contribution in [0, 0.1) is 18.3 Å². The molecule has 2 aromatic carbocycles. The van der Waals surface area contributed by atoms with E-state index in [2.05, 4.69) is 11.1 Å². The van der Waals surface area contributed by atoms with Gasteiger partial charge in [-0.25, -0.2) is 0 Å². The fraction of sp³-hybridized carbons (Fsp3) is 0.208. The number of hydrogen-bond acceptors (Lipinski definition) is 5. The highest BCUT2D eigenvalue weighted by Crippen LogP contribution is 2.28. The molecule has 7 heteroatoms. The van der Waals surface area contributed by atoms with Crippen molar-refractivity contribution in [1.82, 2.24) is 4.98 Å². The van der Waals surface area contributed by atoms with Crippen molar-refractivity contribution >= 4 is 23.2 Å². The molecular weight excluding hydrogens is 414 g/mol. The van der Waals surface area contributed by atoms with Gasteiger partial charge in [0.15, 0.2) is 0 Å². The third kappa shape index (κ3) is 5.82. The van der Waals surface area contributed by atoms with Crippen molar-refractivity contribution in [2.24, 2.45) is 0 Å². The number of pyridine rings is 1. The first-order valence-corrected chi connectivity index (χ1v) is 10.2. The number of benzene rings is 2. The summed E-state index contributed by atoms with van der Waals surface area (Å²) in [6.45, 7) is 4.25. The number of ether oxygens (including phenoxy) is 2. The van der Waals surface area contributed by atoms with Gasteiger partial charge < -0.3 is 9.47 Å². The summed E-state index contributed by atoms with van der Waals surface area (Å²) in [6, 6.07) is 17.9.